The minimum absolute atomic E-state index is 0.0694. The molecule has 124 valence electrons. The summed E-state index contributed by atoms with van der Waals surface area (Å²) in [6.07, 6.45) is 0. The minimum Gasteiger partial charge on any atom is -0.454 e. The van der Waals surface area contributed by atoms with E-state index in [9.17, 15) is 9.59 Å². The van der Waals surface area contributed by atoms with E-state index in [0.717, 1.165) is 5.56 Å². The van der Waals surface area contributed by atoms with Crippen LogP contribution < -0.4 is 14.8 Å². The van der Waals surface area contributed by atoms with Gasteiger partial charge in [0.05, 0.1) is 12.3 Å². The molecule has 0 bridgehead atoms. The fraction of sp³-hybridized carbons (Fsp3) is 0.400. The summed E-state index contributed by atoms with van der Waals surface area (Å²) < 4.78 is 10.5. The van der Waals surface area contributed by atoms with Gasteiger partial charge in [0, 0.05) is 19.7 Å². The molecule has 23 heavy (non-hydrogen) atoms. The van der Waals surface area contributed by atoms with Crippen LogP contribution in [0.4, 0.5) is 0 Å². The van der Waals surface area contributed by atoms with Gasteiger partial charge < -0.3 is 24.5 Å². The van der Waals surface area contributed by atoms with Crippen molar-refractivity contribution >= 4 is 17.5 Å². The van der Waals surface area contributed by atoms with E-state index < -0.39 is 5.91 Å². The summed E-state index contributed by atoms with van der Waals surface area (Å²) in [5.74, 6) is 0.727. The molecular weight excluding hydrogens is 302 g/mol. The Morgan fingerprint density at radius 1 is 1.30 bits per heavy atom. The number of rotatable bonds is 6. The van der Waals surface area contributed by atoms with Crippen molar-refractivity contribution in [3.63, 3.8) is 0 Å². The third kappa shape index (κ3) is 4.60. The van der Waals surface area contributed by atoms with E-state index >= 15 is 0 Å². The number of amides is 2. The highest BCUT2D eigenvalue weighted by atomic mass is 16.7. The molecule has 1 heterocycles. The van der Waals surface area contributed by atoms with Crippen molar-refractivity contribution in [3.8, 4) is 11.5 Å². The molecule has 0 fully saturated rings. The molecule has 1 aliphatic rings. The van der Waals surface area contributed by atoms with E-state index in [0.29, 0.717) is 17.2 Å². The summed E-state index contributed by atoms with van der Waals surface area (Å²) >= 11 is 0. The summed E-state index contributed by atoms with van der Waals surface area (Å²) in [6.45, 7) is 1.63. The van der Waals surface area contributed by atoms with E-state index in [4.69, 9.17) is 14.3 Å². The van der Waals surface area contributed by atoms with Crippen LogP contribution in [0.15, 0.2) is 23.4 Å². The quantitative estimate of drug-likeness (QED) is 0.603. The minimum atomic E-state index is -0.414. The van der Waals surface area contributed by atoms with Crippen LogP contribution in [0.5, 0.6) is 11.5 Å². The highest BCUT2D eigenvalue weighted by molar-refractivity contribution is 5.99. The maximum absolute atomic E-state index is 11.5. The van der Waals surface area contributed by atoms with Gasteiger partial charge in [-0.1, -0.05) is 5.16 Å². The molecule has 0 saturated carbocycles. The molecule has 2 amide bonds. The second-order valence-corrected chi connectivity index (χ2v) is 5.08. The van der Waals surface area contributed by atoms with Crippen LogP contribution >= 0.6 is 0 Å². The first kappa shape index (κ1) is 16.6. The summed E-state index contributed by atoms with van der Waals surface area (Å²) in [4.78, 5) is 29.3. The van der Waals surface area contributed by atoms with Crippen LogP contribution in [0.25, 0.3) is 0 Å². The SMILES string of the molecule is C/C(=N/OCC(=O)NCC(=O)N(C)C)c1ccc2c(c1)OCO2. The predicted octanol–water partition coefficient (Wildman–Crippen LogP) is 0.360. The smallest absolute Gasteiger partial charge is 0.261 e. The lowest BCUT2D eigenvalue weighted by atomic mass is 10.1. The molecule has 0 atom stereocenters. The Morgan fingerprint density at radius 3 is 2.78 bits per heavy atom. The number of carbonyl (C=O) groups excluding carboxylic acids is 2. The number of nitrogens with zero attached hydrogens (tertiary/aromatic N) is 2. The van der Waals surface area contributed by atoms with E-state index in [2.05, 4.69) is 10.5 Å². The van der Waals surface area contributed by atoms with Crippen molar-refractivity contribution in [1.29, 1.82) is 0 Å². The Labute approximate surface area is 134 Å². The highest BCUT2D eigenvalue weighted by Crippen LogP contribution is 2.32. The summed E-state index contributed by atoms with van der Waals surface area (Å²) in [5, 5.41) is 6.34. The van der Waals surface area contributed by atoms with Gasteiger partial charge in [-0.15, -0.1) is 0 Å². The molecule has 0 saturated heterocycles. The molecule has 2 rings (SSSR count). The Morgan fingerprint density at radius 2 is 2.04 bits per heavy atom. The van der Waals surface area contributed by atoms with Crippen LogP contribution in [-0.2, 0) is 14.4 Å². The molecular formula is C15H19N3O5. The molecule has 0 spiro atoms. The van der Waals surface area contributed by atoms with Crippen LogP contribution in [0.1, 0.15) is 12.5 Å². The first-order valence-corrected chi connectivity index (χ1v) is 7.01. The number of hydrogen-bond donors (Lipinski definition) is 1. The number of fused-ring (bicyclic) bond motifs is 1. The van der Waals surface area contributed by atoms with Crippen molar-refractivity contribution in [2.24, 2.45) is 5.16 Å². The van der Waals surface area contributed by atoms with E-state index in [1.54, 1.807) is 33.2 Å². The zero-order valence-corrected chi connectivity index (χ0v) is 13.3. The van der Waals surface area contributed by atoms with Crippen molar-refractivity contribution in [3.05, 3.63) is 23.8 Å². The van der Waals surface area contributed by atoms with Crippen LogP contribution in [0, 0.1) is 0 Å². The first-order valence-electron chi connectivity index (χ1n) is 7.01. The zero-order chi connectivity index (χ0) is 16.8. The highest BCUT2D eigenvalue weighted by Gasteiger charge is 2.14. The third-order valence-corrected chi connectivity index (χ3v) is 3.12. The molecule has 0 unspecified atom stereocenters. The van der Waals surface area contributed by atoms with E-state index in [1.807, 2.05) is 6.07 Å². The topological polar surface area (TPSA) is 89.5 Å². The maximum Gasteiger partial charge on any atom is 0.261 e. The average Bonchev–Trinajstić information content (AvgIpc) is 2.99. The number of nitrogens with one attached hydrogen (secondary N) is 1. The van der Waals surface area contributed by atoms with Crippen LogP contribution in [0.2, 0.25) is 0 Å². The van der Waals surface area contributed by atoms with Gasteiger partial charge in [0.1, 0.15) is 0 Å². The van der Waals surface area contributed by atoms with E-state index in [1.165, 1.54) is 4.90 Å². The molecule has 1 aliphatic heterocycles. The van der Waals surface area contributed by atoms with Gasteiger partial charge in [-0.3, -0.25) is 9.59 Å². The van der Waals surface area contributed by atoms with Crippen molar-refractivity contribution < 1.29 is 23.9 Å². The molecule has 8 nitrogen and oxygen atoms in total. The lowest BCUT2D eigenvalue weighted by molar-refractivity contribution is -0.132. The Hall–Kier alpha value is -2.77. The van der Waals surface area contributed by atoms with Gasteiger partial charge in [-0.25, -0.2) is 0 Å². The molecule has 0 radical (unpaired) electrons. The van der Waals surface area contributed by atoms with Gasteiger partial charge in [-0.05, 0) is 25.1 Å². The lowest BCUT2D eigenvalue weighted by Gasteiger charge is -2.10. The maximum atomic E-state index is 11.5. The Bertz CT molecular complexity index is 628. The number of ether oxygens (including phenoxy) is 2. The van der Waals surface area contributed by atoms with Crippen molar-refractivity contribution in [2.45, 2.75) is 6.92 Å². The van der Waals surface area contributed by atoms with Gasteiger partial charge in [-0.2, -0.15) is 0 Å². The largest absolute Gasteiger partial charge is 0.454 e. The Balaban J connectivity index is 1.81. The number of likely N-dealkylation sites (N-methyl/N-ethyl adjacent to an activating group) is 1. The van der Waals surface area contributed by atoms with Crippen molar-refractivity contribution in [2.75, 3.05) is 34.0 Å². The number of oxime groups is 1. The number of hydrogen-bond acceptors (Lipinski definition) is 6. The summed E-state index contributed by atoms with van der Waals surface area (Å²) in [7, 11) is 3.23. The average molecular weight is 321 g/mol. The molecule has 0 aliphatic carbocycles. The summed E-state index contributed by atoms with van der Waals surface area (Å²) in [5.41, 5.74) is 1.40. The standard InChI is InChI=1S/C15H19N3O5/c1-10(11-4-5-12-13(6-11)22-9-21-12)17-23-8-14(19)16-7-15(20)18(2)3/h4-6H,7-9H2,1-3H3,(H,16,19)/b17-10-. The number of carbonyl (C=O) groups is 2. The zero-order valence-electron chi connectivity index (χ0n) is 13.3. The lowest BCUT2D eigenvalue weighted by Crippen LogP contribution is -2.37. The second kappa shape index (κ2) is 7.48. The first-order chi connectivity index (χ1) is 11.0. The molecule has 8 heteroatoms. The van der Waals surface area contributed by atoms with Gasteiger partial charge in [0.2, 0.25) is 12.7 Å². The monoisotopic (exact) mass is 321 g/mol. The molecule has 1 aromatic rings. The van der Waals surface area contributed by atoms with Gasteiger partial charge in [0.25, 0.3) is 5.91 Å². The fourth-order valence-corrected chi connectivity index (χ4v) is 1.75. The number of benzene rings is 1. The van der Waals surface area contributed by atoms with Gasteiger partial charge in [0.15, 0.2) is 18.1 Å². The Kier molecular flexibility index (Phi) is 5.40. The van der Waals surface area contributed by atoms with Crippen molar-refractivity contribution in [1.82, 2.24) is 10.2 Å². The fourth-order valence-electron chi connectivity index (χ4n) is 1.75. The van der Waals surface area contributed by atoms with Crippen LogP contribution in [-0.4, -0.2) is 56.5 Å². The van der Waals surface area contributed by atoms with Gasteiger partial charge >= 0.3 is 0 Å². The van der Waals surface area contributed by atoms with E-state index in [-0.39, 0.29) is 25.9 Å². The molecule has 1 aromatic carbocycles. The second-order valence-electron chi connectivity index (χ2n) is 5.08. The normalized spacial score (nSPS) is 12.7. The molecule has 1 N–H and O–H groups in total. The predicted molar refractivity (Wildman–Crippen MR) is 82.4 cm³/mol. The van der Waals surface area contributed by atoms with Crippen LogP contribution in [0.3, 0.4) is 0 Å². The third-order valence-electron chi connectivity index (χ3n) is 3.12. The summed E-state index contributed by atoms with van der Waals surface area (Å²) in [6, 6.07) is 5.40. The molecule has 0 aromatic heterocycles.